The minimum atomic E-state index is -3.78. The number of halogens is 1. The largest absolute Gasteiger partial charge is 0.378 e. The van der Waals surface area contributed by atoms with Crippen LogP contribution in [0.4, 0.5) is 5.13 Å². The van der Waals surface area contributed by atoms with Crippen LogP contribution in [0.3, 0.4) is 0 Å². The summed E-state index contributed by atoms with van der Waals surface area (Å²) in [7, 11) is -3.78. The van der Waals surface area contributed by atoms with Gasteiger partial charge in [0.1, 0.15) is 0 Å². The predicted octanol–water partition coefficient (Wildman–Crippen LogP) is 3.46. The number of carbonyl (C=O) groups excluding carboxylic acids is 1. The molecular formula is C18H23ClN4O4S2. The van der Waals surface area contributed by atoms with Crippen molar-refractivity contribution in [1.29, 1.82) is 0 Å². The molecule has 1 aliphatic carbocycles. The Morgan fingerprint density at radius 2 is 1.90 bits per heavy atom. The molecule has 1 aromatic heterocycles. The van der Waals surface area contributed by atoms with Gasteiger partial charge in [-0.1, -0.05) is 42.2 Å². The molecule has 1 heterocycles. The third-order valence-corrected chi connectivity index (χ3v) is 7.40. The fourth-order valence-electron chi connectivity index (χ4n) is 2.96. The third-order valence-electron chi connectivity index (χ3n) is 4.48. The topological polar surface area (TPSA) is 110 Å². The number of benzene rings is 1. The van der Waals surface area contributed by atoms with Crippen molar-refractivity contribution in [3.05, 3.63) is 34.9 Å². The van der Waals surface area contributed by atoms with Gasteiger partial charge in [0.2, 0.25) is 9.47 Å². The monoisotopic (exact) mass is 458 g/mol. The molecule has 0 unspecified atom stereocenters. The van der Waals surface area contributed by atoms with Gasteiger partial charge in [-0.05, 0) is 43.5 Å². The van der Waals surface area contributed by atoms with Gasteiger partial charge < -0.3 is 4.74 Å². The van der Waals surface area contributed by atoms with E-state index >= 15 is 0 Å². The molecule has 2 N–H and O–H groups in total. The number of hydrogen-bond acceptors (Lipinski definition) is 7. The molecule has 1 saturated carbocycles. The standard InChI is InChI=1S/C18H23ClN4O4S2/c19-14-9-7-13(8-10-14)16(24)21-17-22-23-18(28-17)29(25,26)20-11-4-12-27-15-5-2-1-3-6-15/h7-10,15,20H,1-6,11-12H2,(H,21,22,24). The van der Waals surface area contributed by atoms with Gasteiger partial charge >= 0.3 is 0 Å². The maximum atomic E-state index is 12.3. The van der Waals surface area contributed by atoms with E-state index in [9.17, 15) is 13.2 Å². The van der Waals surface area contributed by atoms with Crippen molar-refractivity contribution < 1.29 is 17.9 Å². The number of hydrogen-bond donors (Lipinski definition) is 2. The molecule has 11 heteroatoms. The number of sulfonamides is 1. The zero-order valence-electron chi connectivity index (χ0n) is 15.8. The molecule has 0 spiro atoms. The lowest BCUT2D eigenvalue weighted by atomic mass is 9.98. The highest BCUT2D eigenvalue weighted by Gasteiger charge is 2.21. The summed E-state index contributed by atoms with van der Waals surface area (Å²) in [4.78, 5) is 12.2. The van der Waals surface area contributed by atoms with Crippen molar-refractivity contribution in [2.75, 3.05) is 18.5 Å². The molecule has 8 nitrogen and oxygen atoms in total. The average Bonchev–Trinajstić information content (AvgIpc) is 3.18. The lowest BCUT2D eigenvalue weighted by molar-refractivity contribution is 0.0278. The molecule has 3 rings (SSSR count). The maximum absolute atomic E-state index is 12.3. The fraction of sp³-hybridized carbons (Fsp3) is 0.500. The highest BCUT2D eigenvalue weighted by Crippen LogP contribution is 2.22. The van der Waals surface area contributed by atoms with Crippen molar-refractivity contribution in [1.82, 2.24) is 14.9 Å². The van der Waals surface area contributed by atoms with Crippen LogP contribution >= 0.6 is 22.9 Å². The van der Waals surface area contributed by atoms with Gasteiger partial charge in [-0.2, -0.15) is 0 Å². The first-order valence-corrected chi connectivity index (χ1v) is 12.1. The summed E-state index contributed by atoms with van der Waals surface area (Å²) in [5.74, 6) is -0.422. The Labute approximate surface area is 179 Å². The number of nitrogens with one attached hydrogen (secondary N) is 2. The summed E-state index contributed by atoms with van der Waals surface area (Å²) in [5, 5.41) is 10.6. The SMILES string of the molecule is O=C(Nc1nnc(S(=O)(=O)NCCCOC2CCCCC2)s1)c1ccc(Cl)cc1. The van der Waals surface area contributed by atoms with Crippen LogP contribution in [0, 0.1) is 0 Å². The first-order chi connectivity index (χ1) is 13.9. The molecule has 29 heavy (non-hydrogen) atoms. The van der Waals surface area contributed by atoms with Crippen molar-refractivity contribution in [3.8, 4) is 0 Å². The number of rotatable bonds is 9. The lowest BCUT2D eigenvalue weighted by Gasteiger charge is -2.21. The molecule has 1 amide bonds. The van der Waals surface area contributed by atoms with Crippen LogP contribution in [0.5, 0.6) is 0 Å². The van der Waals surface area contributed by atoms with E-state index in [4.69, 9.17) is 16.3 Å². The second-order valence-electron chi connectivity index (χ2n) is 6.72. The van der Waals surface area contributed by atoms with Crippen LogP contribution in [0.15, 0.2) is 28.6 Å². The number of ether oxygens (including phenoxy) is 1. The highest BCUT2D eigenvalue weighted by atomic mass is 35.5. The minimum absolute atomic E-state index is 0.103. The molecule has 2 aromatic rings. The molecular weight excluding hydrogens is 436 g/mol. The van der Waals surface area contributed by atoms with Crippen LogP contribution in [-0.2, 0) is 14.8 Å². The summed E-state index contributed by atoms with van der Waals surface area (Å²) < 4.78 is 32.7. The van der Waals surface area contributed by atoms with E-state index in [1.54, 1.807) is 24.3 Å². The maximum Gasteiger partial charge on any atom is 0.269 e. The Morgan fingerprint density at radius 3 is 2.62 bits per heavy atom. The number of aromatic nitrogens is 2. The molecule has 0 atom stereocenters. The van der Waals surface area contributed by atoms with E-state index in [-0.39, 0.29) is 16.0 Å². The predicted molar refractivity (Wildman–Crippen MR) is 112 cm³/mol. The van der Waals surface area contributed by atoms with Gasteiger partial charge in [0.25, 0.3) is 15.9 Å². The second-order valence-corrected chi connectivity index (χ2v) is 10.1. The zero-order valence-corrected chi connectivity index (χ0v) is 18.2. The number of nitrogens with zero attached hydrogens (tertiary/aromatic N) is 2. The van der Waals surface area contributed by atoms with Crippen molar-refractivity contribution >= 4 is 44.0 Å². The van der Waals surface area contributed by atoms with Crippen LogP contribution in [0.1, 0.15) is 48.9 Å². The Kier molecular flexibility index (Phi) is 7.96. The van der Waals surface area contributed by atoms with E-state index in [2.05, 4.69) is 20.2 Å². The highest BCUT2D eigenvalue weighted by molar-refractivity contribution is 7.91. The summed E-state index contributed by atoms with van der Waals surface area (Å²) in [6, 6.07) is 6.31. The van der Waals surface area contributed by atoms with E-state index in [0.29, 0.717) is 29.7 Å². The minimum Gasteiger partial charge on any atom is -0.378 e. The second kappa shape index (κ2) is 10.4. The van der Waals surface area contributed by atoms with Crippen LogP contribution in [-0.4, -0.2) is 43.8 Å². The van der Waals surface area contributed by atoms with Gasteiger partial charge in [0.05, 0.1) is 6.10 Å². The average molecular weight is 459 g/mol. The van der Waals surface area contributed by atoms with Crippen LogP contribution < -0.4 is 10.0 Å². The Hall–Kier alpha value is -1.59. The van der Waals surface area contributed by atoms with Gasteiger partial charge in [-0.25, -0.2) is 13.1 Å². The Morgan fingerprint density at radius 1 is 1.17 bits per heavy atom. The molecule has 1 aromatic carbocycles. The Balaban J connectivity index is 1.45. The third kappa shape index (κ3) is 6.71. The smallest absolute Gasteiger partial charge is 0.269 e. The lowest BCUT2D eigenvalue weighted by Crippen LogP contribution is -2.26. The molecule has 0 radical (unpaired) electrons. The van der Waals surface area contributed by atoms with E-state index in [1.807, 2.05) is 0 Å². The van der Waals surface area contributed by atoms with Gasteiger partial charge in [-0.15, -0.1) is 10.2 Å². The zero-order chi connectivity index (χ0) is 20.7. The summed E-state index contributed by atoms with van der Waals surface area (Å²) in [6.07, 6.45) is 6.71. The molecule has 158 valence electrons. The molecule has 1 aliphatic rings. The quantitative estimate of drug-likeness (QED) is 0.439. The van der Waals surface area contributed by atoms with Gasteiger partial charge in [-0.3, -0.25) is 10.1 Å². The first kappa shape index (κ1) is 22.1. The number of anilines is 1. The summed E-state index contributed by atoms with van der Waals surface area (Å²) >= 11 is 6.59. The molecule has 0 saturated heterocycles. The van der Waals surface area contributed by atoms with Crippen LogP contribution in [0.25, 0.3) is 0 Å². The molecule has 0 aliphatic heterocycles. The molecule has 1 fully saturated rings. The van der Waals surface area contributed by atoms with E-state index < -0.39 is 15.9 Å². The van der Waals surface area contributed by atoms with Gasteiger partial charge in [0.15, 0.2) is 0 Å². The summed E-state index contributed by atoms with van der Waals surface area (Å²) in [6.45, 7) is 0.771. The molecule has 0 bridgehead atoms. The van der Waals surface area contributed by atoms with E-state index in [0.717, 1.165) is 24.2 Å². The van der Waals surface area contributed by atoms with Crippen LogP contribution in [0.2, 0.25) is 5.02 Å². The first-order valence-electron chi connectivity index (χ1n) is 9.46. The Bertz CT molecular complexity index is 912. The fourth-order valence-corrected chi connectivity index (χ4v) is 5.10. The van der Waals surface area contributed by atoms with E-state index in [1.165, 1.54) is 19.3 Å². The van der Waals surface area contributed by atoms with Crippen molar-refractivity contribution in [2.45, 2.75) is 49.0 Å². The van der Waals surface area contributed by atoms with Gasteiger partial charge in [0, 0.05) is 23.7 Å². The summed E-state index contributed by atoms with van der Waals surface area (Å²) in [5.41, 5.74) is 0.380. The number of carbonyl (C=O) groups is 1. The van der Waals surface area contributed by atoms with Crippen molar-refractivity contribution in [3.63, 3.8) is 0 Å². The van der Waals surface area contributed by atoms with Crippen molar-refractivity contribution in [2.24, 2.45) is 0 Å². The normalized spacial score (nSPS) is 15.3. The number of amides is 1.